The lowest BCUT2D eigenvalue weighted by molar-refractivity contribution is -0.117. The Morgan fingerprint density at radius 2 is 1.82 bits per heavy atom. The van der Waals surface area contributed by atoms with Crippen LogP contribution in [0.4, 0.5) is 11.4 Å². The summed E-state index contributed by atoms with van der Waals surface area (Å²) < 4.78 is 5.51. The number of anilines is 2. The van der Waals surface area contributed by atoms with Crippen molar-refractivity contribution in [1.29, 1.82) is 0 Å². The smallest absolute Gasteiger partial charge is 0.232 e. The van der Waals surface area contributed by atoms with E-state index in [0.29, 0.717) is 24.7 Å². The van der Waals surface area contributed by atoms with Gasteiger partial charge in [-0.1, -0.05) is 11.2 Å². The average molecular weight is 376 g/mol. The summed E-state index contributed by atoms with van der Waals surface area (Å²) in [5.74, 6) is 1.07. The molecule has 2 aromatic carbocycles. The molecule has 0 spiro atoms. The summed E-state index contributed by atoms with van der Waals surface area (Å²) in [6, 6.07) is 14.1. The van der Waals surface area contributed by atoms with Crippen LogP contribution in [0.15, 0.2) is 47.0 Å². The van der Waals surface area contributed by atoms with Gasteiger partial charge in [0.25, 0.3) is 0 Å². The van der Waals surface area contributed by atoms with Gasteiger partial charge >= 0.3 is 0 Å². The summed E-state index contributed by atoms with van der Waals surface area (Å²) in [5, 5.41) is 4.12. The van der Waals surface area contributed by atoms with Gasteiger partial charge in [-0.05, 0) is 61.4 Å². The van der Waals surface area contributed by atoms with Gasteiger partial charge < -0.3 is 14.3 Å². The first kappa shape index (κ1) is 18.2. The van der Waals surface area contributed by atoms with Crippen LogP contribution in [0.1, 0.15) is 29.4 Å². The number of carbonyl (C=O) groups excluding carboxylic acids is 1. The van der Waals surface area contributed by atoms with Crippen LogP contribution in [-0.2, 0) is 4.79 Å². The SMILES string of the molecule is Cc1ccc(N2C[C@@H](c3nc(-c4ccc(N(C)C)cc4)no3)CC2=O)cc1C. The van der Waals surface area contributed by atoms with Gasteiger partial charge in [0.05, 0.1) is 5.92 Å². The molecule has 144 valence electrons. The minimum Gasteiger partial charge on any atom is -0.378 e. The lowest BCUT2D eigenvalue weighted by Crippen LogP contribution is -2.24. The van der Waals surface area contributed by atoms with E-state index in [2.05, 4.69) is 30.1 Å². The Bertz CT molecular complexity index is 1010. The Morgan fingerprint density at radius 3 is 2.50 bits per heavy atom. The second kappa shape index (κ2) is 7.11. The molecule has 3 aromatic rings. The molecular weight excluding hydrogens is 352 g/mol. The Kier molecular flexibility index (Phi) is 4.63. The molecule has 1 amide bonds. The first-order chi connectivity index (χ1) is 13.4. The molecule has 6 heteroatoms. The minimum atomic E-state index is -0.0867. The third kappa shape index (κ3) is 3.38. The molecular formula is C22H24N4O2. The monoisotopic (exact) mass is 376 g/mol. The number of nitrogens with zero attached hydrogens (tertiary/aromatic N) is 4. The molecule has 0 aliphatic carbocycles. The van der Waals surface area contributed by atoms with Crippen LogP contribution >= 0.6 is 0 Å². The highest BCUT2D eigenvalue weighted by molar-refractivity contribution is 5.96. The quantitative estimate of drug-likeness (QED) is 0.690. The normalized spacial score (nSPS) is 16.6. The summed E-state index contributed by atoms with van der Waals surface area (Å²) in [6.45, 7) is 4.68. The first-order valence-electron chi connectivity index (χ1n) is 9.41. The highest BCUT2D eigenvalue weighted by Crippen LogP contribution is 2.32. The van der Waals surface area contributed by atoms with Crippen molar-refractivity contribution in [2.24, 2.45) is 0 Å². The van der Waals surface area contributed by atoms with Gasteiger partial charge in [-0.15, -0.1) is 0 Å². The van der Waals surface area contributed by atoms with Gasteiger partial charge in [-0.3, -0.25) is 4.79 Å². The highest BCUT2D eigenvalue weighted by Gasteiger charge is 2.35. The molecule has 28 heavy (non-hydrogen) atoms. The van der Waals surface area contributed by atoms with Gasteiger partial charge in [-0.25, -0.2) is 0 Å². The predicted octanol–water partition coefficient (Wildman–Crippen LogP) is 3.94. The third-order valence-corrected chi connectivity index (χ3v) is 5.36. The molecule has 6 nitrogen and oxygen atoms in total. The lowest BCUT2D eigenvalue weighted by Gasteiger charge is -2.17. The van der Waals surface area contributed by atoms with Crippen LogP contribution in [0, 0.1) is 13.8 Å². The second-order valence-electron chi connectivity index (χ2n) is 7.57. The van der Waals surface area contributed by atoms with E-state index >= 15 is 0 Å². The molecule has 1 aromatic heterocycles. The zero-order valence-corrected chi connectivity index (χ0v) is 16.6. The van der Waals surface area contributed by atoms with Crippen molar-refractivity contribution in [3.63, 3.8) is 0 Å². The molecule has 0 N–H and O–H groups in total. The largest absolute Gasteiger partial charge is 0.378 e. The fourth-order valence-corrected chi connectivity index (χ4v) is 3.44. The van der Waals surface area contributed by atoms with E-state index < -0.39 is 0 Å². The number of aromatic nitrogens is 2. The molecule has 0 saturated carbocycles. The fraction of sp³-hybridized carbons (Fsp3) is 0.318. The predicted molar refractivity (Wildman–Crippen MR) is 110 cm³/mol. The molecule has 2 heterocycles. The summed E-state index contributed by atoms with van der Waals surface area (Å²) in [4.78, 5) is 21.0. The van der Waals surface area contributed by atoms with Crippen LogP contribution in [0.25, 0.3) is 11.4 Å². The van der Waals surface area contributed by atoms with Crippen LogP contribution in [-0.4, -0.2) is 36.7 Å². The number of amides is 1. The van der Waals surface area contributed by atoms with Crippen molar-refractivity contribution in [1.82, 2.24) is 10.1 Å². The van der Waals surface area contributed by atoms with Crippen LogP contribution in [0.2, 0.25) is 0 Å². The third-order valence-electron chi connectivity index (χ3n) is 5.36. The van der Waals surface area contributed by atoms with Crippen LogP contribution in [0.5, 0.6) is 0 Å². The molecule has 1 aliphatic rings. The number of hydrogen-bond donors (Lipinski definition) is 0. The van der Waals surface area contributed by atoms with E-state index in [0.717, 1.165) is 16.9 Å². The van der Waals surface area contributed by atoms with Crippen molar-refractivity contribution < 1.29 is 9.32 Å². The van der Waals surface area contributed by atoms with Gasteiger partial charge in [0, 0.05) is 44.0 Å². The molecule has 1 aliphatic heterocycles. The number of aryl methyl sites for hydroxylation is 2. The zero-order valence-electron chi connectivity index (χ0n) is 16.6. The van der Waals surface area contributed by atoms with E-state index in [1.807, 2.05) is 60.3 Å². The Labute approximate surface area is 164 Å². The van der Waals surface area contributed by atoms with E-state index in [4.69, 9.17) is 4.52 Å². The number of benzene rings is 2. The van der Waals surface area contributed by atoms with Crippen molar-refractivity contribution in [3.05, 3.63) is 59.5 Å². The minimum absolute atomic E-state index is 0.0864. The number of carbonyl (C=O) groups is 1. The molecule has 0 unspecified atom stereocenters. The zero-order chi connectivity index (χ0) is 19.8. The molecule has 4 rings (SSSR count). The van der Waals surface area contributed by atoms with Crippen LogP contribution < -0.4 is 9.80 Å². The Morgan fingerprint density at radius 1 is 1.07 bits per heavy atom. The first-order valence-corrected chi connectivity index (χ1v) is 9.41. The van der Waals surface area contributed by atoms with E-state index in [1.165, 1.54) is 11.1 Å². The number of rotatable bonds is 4. The summed E-state index contributed by atoms with van der Waals surface area (Å²) >= 11 is 0. The van der Waals surface area contributed by atoms with Crippen LogP contribution in [0.3, 0.4) is 0 Å². The molecule has 0 bridgehead atoms. The molecule has 1 fully saturated rings. The maximum atomic E-state index is 12.6. The Hall–Kier alpha value is -3.15. The average Bonchev–Trinajstić information content (AvgIpc) is 3.31. The molecule has 0 radical (unpaired) electrons. The lowest BCUT2D eigenvalue weighted by atomic mass is 10.1. The summed E-state index contributed by atoms with van der Waals surface area (Å²) in [6.07, 6.45) is 0.383. The van der Waals surface area contributed by atoms with Gasteiger partial charge in [-0.2, -0.15) is 4.98 Å². The number of hydrogen-bond acceptors (Lipinski definition) is 5. The Balaban J connectivity index is 1.53. The summed E-state index contributed by atoms with van der Waals surface area (Å²) in [5.41, 5.74) is 5.33. The van der Waals surface area contributed by atoms with Crippen molar-refractivity contribution in [3.8, 4) is 11.4 Å². The maximum absolute atomic E-state index is 12.6. The van der Waals surface area contributed by atoms with Crippen molar-refractivity contribution in [2.45, 2.75) is 26.2 Å². The topological polar surface area (TPSA) is 62.5 Å². The maximum Gasteiger partial charge on any atom is 0.232 e. The van der Waals surface area contributed by atoms with E-state index in [9.17, 15) is 4.79 Å². The summed E-state index contributed by atoms with van der Waals surface area (Å²) in [7, 11) is 4.00. The molecule has 1 atom stereocenters. The van der Waals surface area contributed by atoms with E-state index in [1.54, 1.807) is 0 Å². The fourth-order valence-electron chi connectivity index (χ4n) is 3.44. The van der Waals surface area contributed by atoms with Crippen molar-refractivity contribution in [2.75, 3.05) is 30.4 Å². The van der Waals surface area contributed by atoms with Gasteiger partial charge in [0.1, 0.15) is 0 Å². The van der Waals surface area contributed by atoms with Crippen molar-refractivity contribution >= 4 is 17.3 Å². The molecule has 1 saturated heterocycles. The van der Waals surface area contributed by atoms with E-state index in [-0.39, 0.29) is 11.8 Å². The standard InChI is InChI=1S/C22H24N4O2/c1-14-5-8-19(11-15(14)2)26-13-17(12-20(26)27)22-23-21(24-28-22)16-6-9-18(10-7-16)25(3)4/h5-11,17H,12-13H2,1-4H3/t17-/m0/s1. The second-order valence-corrected chi connectivity index (χ2v) is 7.57. The highest BCUT2D eigenvalue weighted by atomic mass is 16.5. The van der Waals surface area contributed by atoms with Gasteiger partial charge in [0.2, 0.25) is 17.6 Å². The van der Waals surface area contributed by atoms with Gasteiger partial charge in [0.15, 0.2) is 0 Å².